The Hall–Kier alpha value is -2.49. The summed E-state index contributed by atoms with van der Waals surface area (Å²) < 4.78 is 32.5. The van der Waals surface area contributed by atoms with E-state index in [1.54, 1.807) is 53.4 Å². The molecule has 0 saturated carbocycles. The quantitative estimate of drug-likeness (QED) is 0.699. The van der Waals surface area contributed by atoms with Crippen LogP contribution in [0.5, 0.6) is 5.75 Å². The lowest BCUT2D eigenvalue weighted by Gasteiger charge is -2.34. The van der Waals surface area contributed by atoms with Gasteiger partial charge in [-0.15, -0.1) is 0 Å². The molecule has 0 aliphatic carbocycles. The molecule has 7 nitrogen and oxygen atoms in total. The SMILES string of the molecule is CCOc1ccc(S(=O)(=O)N2CCN(C(=O)c3ccc(C(N)=S)cc3)CC2)cc1. The van der Waals surface area contributed by atoms with E-state index in [9.17, 15) is 13.2 Å². The zero-order chi connectivity index (χ0) is 21.0. The molecule has 9 heteroatoms. The Morgan fingerprint density at radius 1 is 1.00 bits per heavy atom. The average molecular weight is 434 g/mol. The molecular weight excluding hydrogens is 410 g/mol. The fraction of sp³-hybridized carbons (Fsp3) is 0.300. The Bertz CT molecular complexity index is 981. The largest absolute Gasteiger partial charge is 0.494 e. The lowest BCUT2D eigenvalue weighted by atomic mass is 10.1. The van der Waals surface area contributed by atoms with Crippen LogP contribution in [0.4, 0.5) is 0 Å². The van der Waals surface area contributed by atoms with Crippen molar-refractivity contribution in [2.24, 2.45) is 5.73 Å². The highest BCUT2D eigenvalue weighted by molar-refractivity contribution is 7.89. The Labute approximate surface area is 176 Å². The number of benzene rings is 2. The van der Waals surface area contributed by atoms with E-state index in [2.05, 4.69) is 0 Å². The highest BCUT2D eigenvalue weighted by atomic mass is 32.2. The summed E-state index contributed by atoms with van der Waals surface area (Å²) in [5.41, 5.74) is 6.79. The number of hydrogen-bond acceptors (Lipinski definition) is 5. The molecule has 1 amide bonds. The van der Waals surface area contributed by atoms with Crippen molar-refractivity contribution in [3.05, 3.63) is 59.7 Å². The molecule has 2 aromatic carbocycles. The van der Waals surface area contributed by atoms with E-state index in [4.69, 9.17) is 22.7 Å². The molecule has 0 unspecified atom stereocenters. The monoisotopic (exact) mass is 433 g/mol. The molecule has 29 heavy (non-hydrogen) atoms. The van der Waals surface area contributed by atoms with Gasteiger partial charge in [-0.05, 0) is 43.3 Å². The van der Waals surface area contributed by atoms with Crippen molar-refractivity contribution in [3.63, 3.8) is 0 Å². The van der Waals surface area contributed by atoms with Crippen molar-refractivity contribution in [1.82, 2.24) is 9.21 Å². The minimum atomic E-state index is -3.61. The third kappa shape index (κ3) is 4.75. The van der Waals surface area contributed by atoms with E-state index >= 15 is 0 Å². The van der Waals surface area contributed by atoms with Crippen LogP contribution in [0.25, 0.3) is 0 Å². The Morgan fingerprint density at radius 3 is 2.07 bits per heavy atom. The third-order valence-corrected chi connectivity index (χ3v) is 6.86. The van der Waals surface area contributed by atoms with Crippen molar-refractivity contribution in [2.45, 2.75) is 11.8 Å². The van der Waals surface area contributed by atoms with Crippen LogP contribution in [-0.4, -0.2) is 61.3 Å². The number of nitrogens with zero attached hydrogens (tertiary/aromatic N) is 2. The van der Waals surface area contributed by atoms with E-state index in [1.165, 1.54) is 4.31 Å². The number of amides is 1. The van der Waals surface area contributed by atoms with Crippen LogP contribution < -0.4 is 10.5 Å². The maximum atomic E-state index is 12.9. The van der Waals surface area contributed by atoms with Gasteiger partial charge < -0.3 is 15.4 Å². The lowest BCUT2D eigenvalue weighted by molar-refractivity contribution is 0.0698. The molecule has 0 aromatic heterocycles. The van der Waals surface area contributed by atoms with Crippen molar-refractivity contribution >= 4 is 33.1 Å². The van der Waals surface area contributed by atoms with E-state index in [-0.39, 0.29) is 28.9 Å². The Morgan fingerprint density at radius 2 is 1.55 bits per heavy atom. The zero-order valence-electron chi connectivity index (χ0n) is 16.1. The first kappa shape index (κ1) is 21.2. The second kappa shape index (κ2) is 8.89. The number of ether oxygens (including phenoxy) is 1. The van der Waals surface area contributed by atoms with Crippen LogP contribution in [0.3, 0.4) is 0 Å². The van der Waals surface area contributed by atoms with E-state index in [1.807, 2.05) is 6.92 Å². The molecule has 0 spiro atoms. The summed E-state index contributed by atoms with van der Waals surface area (Å²) in [7, 11) is -3.61. The maximum Gasteiger partial charge on any atom is 0.253 e. The van der Waals surface area contributed by atoms with Gasteiger partial charge in [0.05, 0.1) is 11.5 Å². The highest BCUT2D eigenvalue weighted by Crippen LogP contribution is 2.21. The van der Waals surface area contributed by atoms with Gasteiger partial charge in [0.15, 0.2) is 0 Å². The second-order valence-corrected chi connectivity index (χ2v) is 8.92. The standard InChI is InChI=1S/C20H23N3O4S2/c1-2-27-17-7-9-18(10-8-17)29(25,26)23-13-11-22(12-14-23)20(24)16-5-3-15(4-6-16)19(21)28/h3-10H,2,11-14H2,1H3,(H2,21,28). The number of hydrogen-bond donors (Lipinski definition) is 1. The molecule has 0 bridgehead atoms. The highest BCUT2D eigenvalue weighted by Gasteiger charge is 2.30. The van der Waals surface area contributed by atoms with Gasteiger partial charge in [-0.3, -0.25) is 4.79 Å². The predicted molar refractivity (Wildman–Crippen MR) is 115 cm³/mol. The number of nitrogens with two attached hydrogens (primary N) is 1. The second-order valence-electron chi connectivity index (χ2n) is 6.54. The number of carbonyl (C=O) groups is 1. The van der Waals surface area contributed by atoms with E-state index in [0.717, 1.165) is 0 Å². The fourth-order valence-electron chi connectivity index (χ4n) is 3.11. The smallest absolute Gasteiger partial charge is 0.253 e. The minimum absolute atomic E-state index is 0.141. The molecule has 1 fully saturated rings. The third-order valence-electron chi connectivity index (χ3n) is 4.71. The first-order valence-corrected chi connectivity index (χ1v) is 11.1. The molecular formula is C20H23N3O4S2. The minimum Gasteiger partial charge on any atom is -0.494 e. The van der Waals surface area contributed by atoms with Crippen LogP contribution in [0.2, 0.25) is 0 Å². The van der Waals surface area contributed by atoms with Crippen molar-refractivity contribution in [3.8, 4) is 5.75 Å². The van der Waals surface area contributed by atoms with E-state index in [0.29, 0.717) is 36.6 Å². The van der Waals surface area contributed by atoms with Crippen molar-refractivity contribution in [2.75, 3.05) is 32.8 Å². The fourth-order valence-corrected chi connectivity index (χ4v) is 4.67. The van der Waals surface area contributed by atoms with Gasteiger partial charge in [-0.2, -0.15) is 4.31 Å². The van der Waals surface area contributed by atoms with Gasteiger partial charge in [-0.25, -0.2) is 8.42 Å². The number of piperazine rings is 1. The first-order valence-electron chi connectivity index (χ1n) is 9.25. The summed E-state index contributed by atoms with van der Waals surface area (Å²) >= 11 is 4.92. The average Bonchev–Trinajstić information content (AvgIpc) is 2.74. The van der Waals surface area contributed by atoms with Gasteiger partial charge in [0.2, 0.25) is 10.0 Å². The topological polar surface area (TPSA) is 92.9 Å². The molecule has 0 atom stereocenters. The molecule has 2 N–H and O–H groups in total. The van der Waals surface area contributed by atoms with Crippen LogP contribution in [0.15, 0.2) is 53.4 Å². The summed E-state index contributed by atoms with van der Waals surface area (Å²) in [5, 5.41) is 0. The number of rotatable bonds is 6. The van der Waals surface area contributed by atoms with Crippen LogP contribution in [-0.2, 0) is 10.0 Å². The molecule has 1 aliphatic rings. The molecule has 1 saturated heterocycles. The predicted octanol–water partition coefficient (Wildman–Crippen LogP) is 1.87. The van der Waals surface area contributed by atoms with Gasteiger partial charge in [0.1, 0.15) is 10.7 Å². The number of thiocarbonyl (C=S) groups is 1. The first-order chi connectivity index (χ1) is 13.8. The number of sulfonamides is 1. The van der Waals surface area contributed by atoms with Crippen molar-refractivity contribution < 1.29 is 17.9 Å². The summed E-state index contributed by atoms with van der Waals surface area (Å²) in [6.45, 7) is 3.52. The van der Waals surface area contributed by atoms with Gasteiger partial charge in [0, 0.05) is 37.3 Å². The molecule has 3 rings (SSSR count). The molecule has 154 valence electrons. The lowest BCUT2D eigenvalue weighted by Crippen LogP contribution is -2.50. The van der Waals surface area contributed by atoms with Gasteiger partial charge >= 0.3 is 0 Å². The summed E-state index contributed by atoms with van der Waals surface area (Å²) in [5.74, 6) is 0.487. The van der Waals surface area contributed by atoms with Crippen LogP contribution in [0, 0.1) is 0 Å². The van der Waals surface area contributed by atoms with Gasteiger partial charge in [0.25, 0.3) is 5.91 Å². The Kier molecular flexibility index (Phi) is 6.51. The molecule has 1 heterocycles. The summed E-state index contributed by atoms with van der Waals surface area (Å²) in [6.07, 6.45) is 0. The Balaban J connectivity index is 1.64. The van der Waals surface area contributed by atoms with Crippen LogP contribution >= 0.6 is 12.2 Å². The van der Waals surface area contributed by atoms with E-state index < -0.39 is 10.0 Å². The normalized spacial score (nSPS) is 15.1. The van der Waals surface area contributed by atoms with Gasteiger partial charge in [-0.1, -0.05) is 24.4 Å². The number of carbonyl (C=O) groups excluding carboxylic acids is 1. The molecule has 1 aliphatic heterocycles. The molecule has 2 aromatic rings. The van der Waals surface area contributed by atoms with Crippen LogP contribution in [0.1, 0.15) is 22.8 Å². The molecule has 0 radical (unpaired) electrons. The summed E-state index contributed by atoms with van der Waals surface area (Å²) in [4.78, 5) is 14.8. The summed E-state index contributed by atoms with van der Waals surface area (Å²) in [6, 6.07) is 13.2. The van der Waals surface area contributed by atoms with Crippen molar-refractivity contribution in [1.29, 1.82) is 0 Å². The zero-order valence-corrected chi connectivity index (χ0v) is 17.7. The maximum absolute atomic E-state index is 12.9.